The summed E-state index contributed by atoms with van der Waals surface area (Å²) in [6, 6.07) is 4.92. The monoisotopic (exact) mass is 322 g/mol. The lowest BCUT2D eigenvalue weighted by Gasteiger charge is -2.12. The van der Waals surface area contributed by atoms with Crippen LogP contribution in [0, 0.1) is 6.92 Å². The second-order valence-electron chi connectivity index (χ2n) is 4.37. The molecule has 1 atom stereocenters. The van der Waals surface area contributed by atoms with Crippen molar-refractivity contribution in [3.63, 3.8) is 0 Å². The molecule has 3 N–H and O–H groups in total. The second-order valence-corrected chi connectivity index (χ2v) is 5.29. The first-order chi connectivity index (χ1) is 8.97. The van der Waals surface area contributed by atoms with Crippen molar-refractivity contribution < 1.29 is 4.79 Å². The Kier molecular flexibility index (Phi) is 4.01. The molecular weight excluding hydrogens is 308 g/mol. The molecule has 6 heteroatoms. The Hall–Kier alpha value is -1.66. The first kappa shape index (κ1) is 13.8. The molecule has 19 heavy (non-hydrogen) atoms. The number of amides is 1. The van der Waals surface area contributed by atoms with Gasteiger partial charge in [0.25, 0.3) is 0 Å². The Balaban J connectivity index is 2.12. The summed E-state index contributed by atoms with van der Waals surface area (Å²) < 4.78 is 2.59. The van der Waals surface area contributed by atoms with Gasteiger partial charge in [0.1, 0.15) is 6.04 Å². The van der Waals surface area contributed by atoms with E-state index in [1.54, 1.807) is 24.1 Å². The Morgan fingerprint density at radius 3 is 2.84 bits per heavy atom. The third kappa shape index (κ3) is 3.21. The van der Waals surface area contributed by atoms with Crippen LogP contribution in [0.1, 0.15) is 17.2 Å². The highest BCUT2D eigenvalue weighted by atomic mass is 79.9. The number of nitrogens with zero attached hydrogens (tertiary/aromatic N) is 2. The fourth-order valence-electron chi connectivity index (χ4n) is 1.73. The molecule has 100 valence electrons. The fraction of sp³-hybridized carbons (Fsp3) is 0.231. The number of anilines is 1. The summed E-state index contributed by atoms with van der Waals surface area (Å²) in [5.41, 5.74) is 8.32. The van der Waals surface area contributed by atoms with E-state index in [9.17, 15) is 4.79 Å². The Morgan fingerprint density at radius 2 is 2.26 bits per heavy atom. The number of benzene rings is 1. The first-order valence-electron chi connectivity index (χ1n) is 5.78. The van der Waals surface area contributed by atoms with E-state index in [1.807, 2.05) is 25.1 Å². The van der Waals surface area contributed by atoms with E-state index in [0.717, 1.165) is 15.7 Å². The van der Waals surface area contributed by atoms with E-state index in [2.05, 4.69) is 26.3 Å². The lowest BCUT2D eigenvalue weighted by Crippen LogP contribution is -2.27. The molecule has 1 aromatic carbocycles. The van der Waals surface area contributed by atoms with Crippen LogP contribution in [0.3, 0.4) is 0 Å². The Bertz CT molecular complexity index is 608. The predicted molar refractivity (Wildman–Crippen MR) is 77.6 cm³/mol. The van der Waals surface area contributed by atoms with Crippen molar-refractivity contribution in [3.05, 3.63) is 46.2 Å². The van der Waals surface area contributed by atoms with Crippen molar-refractivity contribution in [3.8, 4) is 0 Å². The van der Waals surface area contributed by atoms with E-state index in [0.29, 0.717) is 5.56 Å². The van der Waals surface area contributed by atoms with E-state index in [4.69, 9.17) is 5.73 Å². The van der Waals surface area contributed by atoms with Gasteiger partial charge in [0.15, 0.2) is 0 Å². The molecule has 2 aromatic rings. The van der Waals surface area contributed by atoms with Crippen LogP contribution in [0.25, 0.3) is 0 Å². The van der Waals surface area contributed by atoms with Gasteiger partial charge in [0.05, 0.1) is 6.20 Å². The van der Waals surface area contributed by atoms with E-state index >= 15 is 0 Å². The smallest absolute Gasteiger partial charge is 0.246 e. The number of nitrogens with one attached hydrogen (secondary N) is 1. The molecule has 1 aromatic heterocycles. The van der Waals surface area contributed by atoms with Crippen LogP contribution in [-0.2, 0) is 11.8 Å². The third-order valence-corrected chi connectivity index (χ3v) is 3.31. The molecule has 0 spiro atoms. The number of hydrogen-bond acceptors (Lipinski definition) is 3. The molecule has 0 radical (unpaired) electrons. The predicted octanol–water partition coefficient (Wildman–Crippen LogP) is 2.13. The number of hydrogen-bond donors (Lipinski definition) is 2. The first-order valence-corrected chi connectivity index (χ1v) is 6.58. The van der Waals surface area contributed by atoms with Crippen molar-refractivity contribution >= 4 is 27.5 Å². The van der Waals surface area contributed by atoms with Gasteiger partial charge in [-0.05, 0) is 30.7 Å². The average molecular weight is 323 g/mol. The summed E-state index contributed by atoms with van der Waals surface area (Å²) in [6.07, 6.45) is 3.33. The van der Waals surface area contributed by atoms with Crippen LogP contribution in [0.15, 0.2) is 35.1 Å². The molecule has 1 heterocycles. The summed E-state index contributed by atoms with van der Waals surface area (Å²) in [5, 5.41) is 6.83. The van der Waals surface area contributed by atoms with Gasteiger partial charge in [-0.15, -0.1) is 0 Å². The molecule has 0 saturated heterocycles. The Morgan fingerprint density at radius 1 is 1.53 bits per heavy atom. The van der Waals surface area contributed by atoms with Crippen molar-refractivity contribution in [1.29, 1.82) is 0 Å². The van der Waals surface area contributed by atoms with Gasteiger partial charge >= 0.3 is 0 Å². The van der Waals surface area contributed by atoms with Crippen LogP contribution >= 0.6 is 15.9 Å². The molecule has 0 saturated carbocycles. The van der Waals surface area contributed by atoms with Gasteiger partial charge in [-0.25, -0.2) is 0 Å². The molecule has 1 amide bonds. The minimum absolute atomic E-state index is 0.251. The van der Waals surface area contributed by atoms with Crippen LogP contribution in [0.2, 0.25) is 0 Å². The van der Waals surface area contributed by atoms with Gasteiger partial charge in [0, 0.05) is 29.0 Å². The topological polar surface area (TPSA) is 72.9 Å². The quantitative estimate of drug-likeness (QED) is 0.909. The normalized spacial score (nSPS) is 12.2. The van der Waals surface area contributed by atoms with Gasteiger partial charge < -0.3 is 11.1 Å². The van der Waals surface area contributed by atoms with Crippen LogP contribution in [0.5, 0.6) is 0 Å². The Labute approximate surface area is 119 Å². The highest BCUT2D eigenvalue weighted by Gasteiger charge is 2.17. The summed E-state index contributed by atoms with van der Waals surface area (Å²) >= 11 is 3.38. The number of aromatic nitrogens is 2. The summed E-state index contributed by atoms with van der Waals surface area (Å²) in [6.45, 7) is 1.93. The molecule has 0 aliphatic rings. The number of carbonyl (C=O) groups excluding carboxylic acids is 1. The number of rotatable bonds is 3. The number of aryl methyl sites for hydroxylation is 2. The highest BCUT2D eigenvalue weighted by molar-refractivity contribution is 9.10. The maximum Gasteiger partial charge on any atom is 0.246 e. The largest absolute Gasteiger partial charge is 0.324 e. The lowest BCUT2D eigenvalue weighted by atomic mass is 10.1. The van der Waals surface area contributed by atoms with Crippen molar-refractivity contribution in [2.75, 3.05) is 5.32 Å². The number of halogens is 1. The van der Waals surface area contributed by atoms with Crippen LogP contribution in [0.4, 0.5) is 5.69 Å². The van der Waals surface area contributed by atoms with Crippen molar-refractivity contribution in [2.24, 2.45) is 12.8 Å². The highest BCUT2D eigenvalue weighted by Crippen LogP contribution is 2.21. The molecule has 1 unspecified atom stereocenters. The summed E-state index contributed by atoms with van der Waals surface area (Å²) in [4.78, 5) is 12.1. The zero-order chi connectivity index (χ0) is 14.0. The molecule has 5 nitrogen and oxygen atoms in total. The molecule has 0 bridgehead atoms. The number of carbonyl (C=O) groups is 1. The van der Waals surface area contributed by atoms with Crippen molar-refractivity contribution in [2.45, 2.75) is 13.0 Å². The zero-order valence-corrected chi connectivity index (χ0v) is 12.3. The van der Waals surface area contributed by atoms with E-state index in [-0.39, 0.29) is 5.91 Å². The maximum atomic E-state index is 12.1. The van der Waals surface area contributed by atoms with E-state index in [1.165, 1.54) is 0 Å². The maximum absolute atomic E-state index is 12.1. The molecular formula is C13H15BrN4O. The summed E-state index contributed by atoms with van der Waals surface area (Å²) in [5.74, 6) is -0.251. The fourth-order valence-corrected chi connectivity index (χ4v) is 2.21. The second kappa shape index (κ2) is 5.54. The van der Waals surface area contributed by atoms with Gasteiger partial charge in [-0.2, -0.15) is 5.10 Å². The zero-order valence-electron chi connectivity index (χ0n) is 10.7. The molecule has 0 aliphatic carbocycles. The van der Waals surface area contributed by atoms with Gasteiger partial charge in [-0.3, -0.25) is 9.48 Å². The standard InChI is InChI=1S/C13H15BrN4O/c1-8-5-10(14)3-4-11(8)17-13(19)12(15)9-6-16-18(2)7-9/h3-7,12H,15H2,1-2H3,(H,17,19). The summed E-state index contributed by atoms with van der Waals surface area (Å²) in [7, 11) is 1.78. The average Bonchev–Trinajstić information content (AvgIpc) is 2.78. The third-order valence-electron chi connectivity index (χ3n) is 2.81. The van der Waals surface area contributed by atoms with E-state index < -0.39 is 6.04 Å². The lowest BCUT2D eigenvalue weighted by molar-refractivity contribution is -0.117. The minimum Gasteiger partial charge on any atom is -0.324 e. The van der Waals surface area contributed by atoms with Crippen molar-refractivity contribution in [1.82, 2.24) is 9.78 Å². The molecule has 0 fully saturated rings. The molecule has 0 aliphatic heterocycles. The van der Waals surface area contributed by atoms with Crippen LogP contribution < -0.4 is 11.1 Å². The minimum atomic E-state index is -0.725. The van der Waals surface area contributed by atoms with Crippen LogP contribution in [-0.4, -0.2) is 15.7 Å². The van der Waals surface area contributed by atoms with Gasteiger partial charge in [0.2, 0.25) is 5.91 Å². The number of nitrogens with two attached hydrogens (primary N) is 1. The molecule has 2 rings (SSSR count). The SMILES string of the molecule is Cc1cc(Br)ccc1NC(=O)C(N)c1cnn(C)c1. The van der Waals surface area contributed by atoms with Gasteiger partial charge in [-0.1, -0.05) is 15.9 Å².